The Morgan fingerprint density at radius 1 is 1.04 bits per heavy atom. The van der Waals surface area contributed by atoms with Gasteiger partial charge in [-0.3, -0.25) is 4.79 Å². The van der Waals surface area contributed by atoms with E-state index in [9.17, 15) is 4.79 Å². The lowest BCUT2D eigenvalue weighted by molar-refractivity contribution is 0.102. The molecule has 2 aromatic carbocycles. The summed E-state index contributed by atoms with van der Waals surface area (Å²) in [6, 6.07) is 9.61. The molecular formula is C19H23N3OS. The monoisotopic (exact) mass is 341 g/mol. The predicted octanol–water partition coefficient (Wildman–Crippen LogP) is 4.08. The molecule has 0 aliphatic carbocycles. The molecule has 5 heteroatoms. The fourth-order valence-electron chi connectivity index (χ4n) is 2.60. The predicted molar refractivity (Wildman–Crippen MR) is 105 cm³/mol. The summed E-state index contributed by atoms with van der Waals surface area (Å²) in [4.78, 5) is 12.6. The van der Waals surface area contributed by atoms with Crippen molar-refractivity contribution in [2.45, 2.75) is 34.1 Å². The van der Waals surface area contributed by atoms with Gasteiger partial charge in [-0.05, 0) is 85.9 Å². The molecule has 0 saturated carbocycles. The van der Waals surface area contributed by atoms with Crippen LogP contribution in [0.25, 0.3) is 0 Å². The molecule has 0 unspecified atom stereocenters. The maximum Gasteiger partial charge on any atom is 0.255 e. The number of nitrogens with one attached hydrogen (secondary N) is 2. The zero-order chi connectivity index (χ0) is 17.9. The maximum absolute atomic E-state index is 12.6. The zero-order valence-electron chi connectivity index (χ0n) is 14.5. The fourth-order valence-corrected chi connectivity index (χ4v) is 2.72. The van der Waals surface area contributed by atoms with E-state index in [2.05, 4.69) is 10.6 Å². The van der Waals surface area contributed by atoms with Crippen molar-refractivity contribution in [1.82, 2.24) is 0 Å². The number of nitrogens with two attached hydrogens (primary N) is 1. The zero-order valence-corrected chi connectivity index (χ0v) is 15.3. The largest absolute Gasteiger partial charge is 0.376 e. The molecule has 0 aliphatic heterocycles. The third-order valence-electron chi connectivity index (χ3n) is 4.07. The number of benzene rings is 2. The topological polar surface area (TPSA) is 67.2 Å². The lowest BCUT2D eigenvalue weighted by atomic mass is 10.0. The minimum absolute atomic E-state index is 0.106. The Balaban J connectivity index is 2.32. The molecular weight excluding hydrogens is 318 g/mol. The van der Waals surface area contributed by atoms with Crippen molar-refractivity contribution in [3.63, 3.8) is 0 Å². The first-order valence-corrected chi connectivity index (χ1v) is 8.31. The SMILES string of the molecule is CCc1cc(NC(N)=S)cc(C)c1NC(=O)c1ccc(C)c(C)c1. The second-order valence-corrected chi connectivity index (χ2v) is 6.36. The molecule has 0 bridgehead atoms. The highest BCUT2D eigenvalue weighted by Crippen LogP contribution is 2.27. The number of hydrogen-bond acceptors (Lipinski definition) is 2. The average molecular weight is 341 g/mol. The van der Waals surface area contributed by atoms with Crippen LogP contribution in [0.2, 0.25) is 0 Å². The van der Waals surface area contributed by atoms with Gasteiger partial charge in [-0.25, -0.2) is 0 Å². The first-order valence-electron chi connectivity index (χ1n) is 7.90. The normalized spacial score (nSPS) is 10.3. The molecule has 0 atom stereocenters. The van der Waals surface area contributed by atoms with Gasteiger partial charge in [0.2, 0.25) is 0 Å². The van der Waals surface area contributed by atoms with E-state index in [0.29, 0.717) is 5.56 Å². The molecule has 0 aliphatic rings. The molecule has 24 heavy (non-hydrogen) atoms. The van der Waals surface area contributed by atoms with Crippen LogP contribution in [-0.2, 0) is 6.42 Å². The standard InChI is InChI=1S/C19H23N3OS/c1-5-14-10-16(21-19(20)24)9-13(4)17(14)22-18(23)15-7-6-11(2)12(3)8-15/h6-10H,5H2,1-4H3,(H,22,23)(H3,20,21,24). The summed E-state index contributed by atoms with van der Waals surface area (Å²) in [5.74, 6) is -0.106. The minimum Gasteiger partial charge on any atom is -0.376 e. The molecule has 2 rings (SSSR count). The molecule has 4 nitrogen and oxygen atoms in total. The van der Waals surface area contributed by atoms with Crippen molar-refractivity contribution in [3.8, 4) is 0 Å². The molecule has 0 spiro atoms. The number of anilines is 2. The van der Waals surface area contributed by atoms with Gasteiger partial charge in [0, 0.05) is 16.9 Å². The van der Waals surface area contributed by atoms with Gasteiger partial charge in [0.1, 0.15) is 0 Å². The van der Waals surface area contributed by atoms with Gasteiger partial charge < -0.3 is 16.4 Å². The van der Waals surface area contributed by atoms with Gasteiger partial charge >= 0.3 is 0 Å². The van der Waals surface area contributed by atoms with Crippen molar-refractivity contribution in [2.75, 3.05) is 10.6 Å². The summed E-state index contributed by atoms with van der Waals surface area (Å²) in [6.45, 7) is 8.04. The Morgan fingerprint density at radius 3 is 2.33 bits per heavy atom. The number of aryl methyl sites for hydroxylation is 4. The third kappa shape index (κ3) is 4.11. The molecule has 0 radical (unpaired) electrons. The summed E-state index contributed by atoms with van der Waals surface area (Å²) in [6.07, 6.45) is 0.788. The Hall–Kier alpha value is -2.40. The van der Waals surface area contributed by atoms with Crippen molar-refractivity contribution in [3.05, 3.63) is 58.1 Å². The van der Waals surface area contributed by atoms with Crippen molar-refractivity contribution in [1.29, 1.82) is 0 Å². The van der Waals surface area contributed by atoms with E-state index in [0.717, 1.165) is 34.5 Å². The Labute approximate surface area is 148 Å². The van der Waals surface area contributed by atoms with Crippen LogP contribution in [0.5, 0.6) is 0 Å². The molecule has 0 heterocycles. The van der Waals surface area contributed by atoms with Gasteiger partial charge in [0.05, 0.1) is 0 Å². The van der Waals surface area contributed by atoms with Gasteiger partial charge in [-0.1, -0.05) is 13.0 Å². The molecule has 126 valence electrons. The average Bonchev–Trinajstić information content (AvgIpc) is 2.51. The van der Waals surface area contributed by atoms with Crippen LogP contribution in [0.15, 0.2) is 30.3 Å². The van der Waals surface area contributed by atoms with E-state index in [1.165, 1.54) is 5.56 Å². The maximum atomic E-state index is 12.6. The van der Waals surface area contributed by atoms with E-state index < -0.39 is 0 Å². The number of rotatable bonds is 4. The van der Waals surface area contributed by atoms with Crippen LogP contribution in [0, 0.1) is 20.8 Å². The second-order valence-electron chi connectivity index (χ2n) is 5.92. The molecule has 0 saturated heterocycles. The minimum atomic E-state index is -0.106. The van der Waals surface area contributed by atoms with E-state index in [1.54, 1.807) is 0 Å². The van der Waals surface area contributed by atoms with Crippen LogP contribution in [0.4, 0.5) is 11.4 Å². The first kappa shape index (κ1) is 17.9. The Kier molecular flexibility index (Phi) is 5.57. The molecule has 4 N–H and O–H groups in total. The fraction of sp³-hybridized carbons (Fsp3) is 0.263. The highest BCUT2D eigenvalue weighted by Gasteiger charge is 2.13. The molecule has 0 aromatic heterocycles. The van der Waals surface area contributed by atoms with Gasteiger partial charge in [-0.2, -0.15) is 0 Å². The summed E-state index contributed by atoms with van der Waals surface area (Å²) in [5.41, 5.74) is 12.1. The van der Waals surface area contributed by atoms with Crippen molar-refractivity contribution >= 4 is 34.6 Å². The van der Waals surface area contributed by atoms with Gasteiger partial charge in [0.15, 0.2) is 5.11 Å². The van der Waals surface area contributed by atoms with Gasteiger partial charge in [0.25, 0.3) is 5.91 Å². The number of hydrogen-bond donors (Lipinski definition) is 3. The highest BCUT2D eigenvalue weighted by atomic mass is 32.1. The summed E-state index contributed by atoms with van der Waals surface area (Å²) < 4.78 is 0. The van der Waals surface area contributed by atoms with Crippen molar-refractivity contribution in [2.24, 2.45) is 5.73 Å². The second kappa shape index (κ2) is 7.45. The van der Waals surface area contributed by atoms with E-state index >= 15 is 0 Å². The van der Waals surface area contributed by atoms with Gasteiger partial charge in [-0.15, -0.1) is 0 Å². The smallest absolute Gasteiger partial charge is 0.255 e. The number of carbonyl (C=O) groups excluding carboxylic acids is 1. The van der Waals surface area contributed by atoms with E-state index in [4.69, 9.17) is 18.0 Å². The summed E-state index contributed by atoms with van der Waals surface area (Å²) >= 11 is 4.89. The number of amides is 1. The molecule has 1 amide bonds. The summed E-state index contributed by atoms with van der Waals surface area (Å²) in [7, 11) is 0. The molecule has 0 fully saturated rings. The summed E-state index contributed by atoms with van der Waals surface area (Å²) in [5, 5.41) is 6.21. The lowest BCUT2D eigenvalue weighted by Gasteiger charge is -2.16. The number of thiocarbonyl (C=S) groups is 1. The highest BCUT2D eigenvalue weighted by molar-refractivity contribution is 7.80. The van der Waals surface area contributed by atoms with Crippen molar-refractivity contribution < 1.29 is 4.79 Å². The van der Waals surface area contributed by atoms with E-state index in [-0.39, 0.29) is 11.0 Å². The van der Waals surface area contributed by atoms with Crippen LogP contribution in [-0.4, -0.2) is 11.0 Å². The Bertz CT molecular complexity index is 799. The van der Waals surface area contributed by atoms with Crippen LogP contribution in [0.3, 0.4) is 0 Å². The first-order chi connectivity index (χ1) is 11.3. The van der Waals surface area contributed by atoms with Crippen LogP contribution in [0.1, 0.15) is 39.5 Å². The Morgan fingerprint density at radius 2 is 1.75 bits per heavy atom. The third-order valence-corrected chi connectivity index (χ3v) is 4.18. The number of carbonyl (C=O) groups is 1. The lowest BCUT2D eigenvalue weighted by Crippen LogP contribution is -2.20. The van der Waals surface area contributed by atoms with Crippen LogP contribution >= 0.6 is 12.2 Å². The van der Waals surface area contributed by atoms with Crippen LogP contribution < -0.4 is 16.4 Å². The molecule has 2 aromatic rings. The van der Waals surface area contributed by atoms with E-state index in [1.807, 2.05) is 58.0 Å². The quantitative estimate of drug-likeness (QED) is 0.733.